The largest absolute Gasteiger partial charge is 0.451 e. The molecule has 1 aromatic carbocycles. The molecule has 1 saturated carbocycles. The fourth-order valence-electron chi connectivity index (χ4n) is 2.32. The Hall–Kier alpha value is -1.94. The summed E-state index contributed by atoms with van der Waals surface area (Å²) in [5, 5.41) is 5.23. The maximum atomic E-state index is 12.5. The summed E-state index contributed by atoms with van der Waals surface area (Å²) in [6.07, 6.45) is 1.62. The quantitative estimate of drug-likeness (QED) is 0.518. The minimum absolute atomic E-state index is 0.116. The molecular formula is C18H23BrN2O6S. The average Bonchev–Trinajstić information content (AvgIpc) is 3.41. The lowest BCUT2D eigenvalue weighted by atomic mass is 10.1. The Morgan fingerprint density at radius 3 is 2.46 bits per heavy atom. The number of hydrogen-bond acceptors (Lipinski definition) is 6. The molecule has 0 saturated heterocycles. The van der Waals surface area contributed by atoms with E-state index in [0.717, 1.165) is 19.1 Å². The summed E-state index contributed by atoms with van der Waals surface area (Å²) >= 11 is 3.26. The van der Waals surface area contributed by atoms with Crippen LogP contribution in [0.2, 0.25) is 0 Å². The van der Waals surface area contributed by atoms with E-state index in [1.807, 2.05) is 0 Å². The molecular weight excluding hydrogens is 452 g/mol. The third kappa shape index (κ3) is 7.23. The van der Waals surface area contributed by atoms with E-state index in [9.17, 15) is 22.8 Å². The first-order valence-corrected chi connectivity index (χ1v) is 11.7. The highest BCUT2D eigenvalue weighted by atomic mass is 79.9. The summed E-state index contributed by atoms with van der Waals surface area (Å²) in [4.78, 5) is 37.0. The Balaban J connectivity index is 2.06. The molecule has 2 N–H and O–H groups in total. The first kappa shape index (κ1) is 22.4. The minimum Gasteiger partial charge on any atom is -0.451 e. The lowest BCUT2D eigenvalue weighted by Gasteiger charge is -2.20. The number of sulfone groups is 1. The summed E-state index contributed by atoms with van der Waals surface area (Å²) in [7, 11) is -3.36. The number of amides is 2. The van der Waals surface area contributed by atoms with E-state index in [0.29, 0.717) is 10.0 Å². The second-order valence-electron chi connectivity index (χ2n) is 6.79. The van der Waals surface area contributed by atoms with E-state index >= 15 is 0 Å². The first-order valence-electron chi connectivity index (χ1n) is 8.81. The van der Waals surface area contributed by atoms with Crippen LogP contribution in [0.25, 0.3) is 0 Å². The predicted octanol–water partition coefficient (Wildman–Crippen LogP) is 1.19. The Bertz CT molecular complexity index is 853. The van der Waals surface area contributed by atoms with Crippen molar-refractivity contribution in [3.8, 4) is 0 Å². The summed E-state index contributed by atoms with van der Waals surface area (Å²) in [6.45, 7) is 1.43. The monoisotopic (exact) mass is 474 g/mol. The zero-order valence-corrected chi connectivity index (χ0v) is 18.0. The molecule has 0 aliphatic heterocycles. The normalized spacial score (nSPS) is 16.0. The van der Waals surface area contributed by atoms with Gasteiger partial charge >= 0.3 is 5.97 Å². The number of halogens is 1. The summed E-state index contributed by atoms with van der Waals surface area (Å²) in [5.74, 6) is -2.15. The van der Waals surface area contributed by atoms with E-state index < -0.39 is 39.8 Å². The smallest absolute Gasteiger partial charge is 0.329 e. The van der Waals surface area contributed by atoms with Gasteiger partial charge in [0.15, 0.2) is 6.10 Å². The van der Waals surface area contributed by atoms with Gasteiger partial charge in [0.2, 0.25) is 0 Å². The average molecular weight is 475 g/mol. The fraction of sp³-hybridized carbons (Fsp3) is 0.500. The Labute approximate surface area is 172 Å². The molecule has 1 fully saturated rings. The number of benzene rings is 1. The molecule has 0 aromatic heterocycles. The molecule has 1 aliphatic carbocycles. The van der Waals surface area contributed by atoms with Crippen LogP contribution in [-0.4, -0.2) is 56.4 Å². The zero-order valence-electron chi connectivity index (χ0n) is 15.6. The van der Waals surface area contributed by atoms with Gasteiger partial charge in [-0.25, -0.2) is 13.2 Å². The van der Waals surface area contributed by atoms with Crippen LogP contribution in [0.1, 0.15) is 36.5 Å². The van der Waals surface area contributed by atoms with Gasteiger partial charge < -0.3 is 15.4 Å². The maximum absolute atomic E-state index is 12.5. The molecule has 2 rings (SSSR count). The number of hydrogen-bond donors (Lipinski definition) is 2. The van der Waals surface area contributed by atoms with Gasteiger partial charge in [0, 0.05) is 16.8 Å². The van der Waals surface area contributed by atoms with Crippen molar-refractivity contribution in [1.82, 2.24) is 10.6 Å². The number of nitrogens with one attached hydrogen (secondary N) is 2. The standard InChI is InChI=1S/C18H23BrN2O6S/c1-11(16(22)20-12-7-8-12)27-18(24)15(9-10-28(2,25)26)21-17(23)13-5-3-4-6-14(13)19/h3-6,11-12,15H,7-10H2,1-2H3,(H,20,22)(H,21,23)/t11-,15-/m0/s1. The first-order chi connectivity index (χ1) is 13.1. The molecule has 0 heterocycles. The van der Waals surface area contributed by atoms with Gasteiger partial charge in [-0.1, -0.05) is 12.1 Å². The fourth-order valence-corrected chi connectivity index (χ4v) is 3.45. The van der Waals surface area contributed by atoms with E-state index in [1.54, 1.807) is 24.3 Å². The highest BCUT2D eigenvalue weighted by Gasteiger charge is 2.30. The lowest BCUT2D eigenvalue weighted by Crippen LogP contribution is -2.46. The van der Waals surface area contributed by atoms with Crippen LogP contribution in [0.15, 0.2) is 28.7 Å². The van der Waals surface area contributed by atoms with Gasteiger partial charge in [-0.15, -0.1) is 0 Å². The Morgan fingerprint density at radius 2 is 1.89 bits per heavy atom. The molecule has 28 heavy (non-hydrogen) atoms. The van der Waals surface area contributed by atoms with Crippen LogP contribution >= 0.6 is 15.9 Å². The van der Waals surface area contributed by atoms with Crippen molar-refractivity contribution in [1.29, 1.82) is 0 Å². The van der Waals surface area contributed by atoms with Crippen molar-refractivity contribution in [2.24, 2.45) is 0 Å². The van der Waals surface area contributed by atoms with Gasteiger partial charge in [-0.05, 0) is 54.2 Å². The van der Waals surface area contributed by atoms with Crippen molar-refractivity contribution >= 4 is 43.6 Å². The second kappa shape index (κ2) is 9.51. The molecule has 154 valence electrons. The third-order valence-corrected chi connectivity index (χ3v) is 5.74. The number of rotatable bonds is 9. The van der Waals surface area contributed by atoms with Crippen molar-refractivity contribution in [2.45, 2.75) is 44.4 Å². The summed E-state index contributed by atoms with van der Waals surface area (Å²) in [6, 6.07) is 5.53. The Kier molecular flexibility index (Phi) is 7.59. The van der Waals surface area contributed by atoms with E-state index in [-0.39, 0.29) is 18.2 Å². The van der Waals surface area contributed by atoms with Crippen molar-refractivity contribution < 1.29 is 27.5 Å². The van der Waals surface area contributed by atoms with E-state index in [4.69, 9.17) is 4.74 Å². The number of ether oxygens (including phenoxy) is 1. The molecule has 0 bridgehead atoms. The van der Waals surface area contributed by atoms with Gasteiger partial charge in [0.25, 0.3) is 11.8 Å². The van der Waals surface area contributed by atoms with Crippen LogP contribution in [0.4, 0.5) is 0 Å². The summed E-state index contributed by atoms with van der Waals surface area (Å²) < 4.78 is 28.7. The van der Waals surface area contributed by atoms with E-state index in [1.165, 1.54) is 6.92 Å². The van der Waals surface area contributed by atoms with Crippen LogP contribution in [0, 0.1) is 0 Å². The Morgan fingerprint density at radius 1 is 1.25 bits per heavy atom. The van der Waals surface area contributed by atoms with Crippen molar-refractivity contribution in [3.05, 3.63) is 34.3 Å². The van der Waals surface area contributed by atoms with Crippen LogP contribution in [0.5, 0.6) is 0 Å². The molecule has 2 amide bonds. The van der Waals surface area contributed by atoms with Crippen molar-refractivity contribution in [2.75, 3.05) is 12.0 Å². The van der Waals surface area contributed by atoms with Crippen LogP contribution in [0.3, 0.4) is 0 Å². The molecule has 1 aromatic rings. The molecule has 0 spiro atoms. The van der Waals surface area contributed by atoms with Gasteiger partial charge in [0.05, 0.1) is 11.3 Å². The van der Waals surface area contributed by atoms with Gasteiger partial charge in [0.1, 0.15) is 15.9 Å². The number of esters is 1. The van der Waals surface area contributed by atoms with Crippen LogP contribution < -0.4 is 10.6 Å². The second-order valence-corrected chi connectivity index (χ2v) is 9.90. The number of carbonyl (C=O) groups is 3. The van der Waals surface area contributed by atoms with E-state index in [2.05, 4.69) is 26.6 Å². The molecule has 1 aliphatic rings. The molecule has 0 unspecified atom stereocenters. The van der Waals surface area contributed by atoms with Gasteiger partial charge in [-0.2, -0.15) is 0 Å². The predicted molar refractivity (Wildman–Crippen MR) is 106 cm³/mol. The highest BCUT2D eigenvalue weighted by Crippen LogP contribution is 2.19. The SMILES string of the molecule is C[C@H](OC(=O)[C@H](CCS(C)(=O)=O)NC(=O)c1ccccc1Br)C(=O)NC1CC1. The molecule has 8 nitrogen and oxygen atoms in total. The minimum atomic E-state index is -3.36. The third-order valence-electron chi connectivity index (χ3n) is 4.07. The molecule has 0 radical (unpaired) electrons. The zero-order chi connectivity index (χ0) is 20.9. The van der Waals surface area contributed by atoms with Crippen molar-refractivity contribution in [3.63, 3.8) is 0 Å². The maximum Gasteiger partial charge on any atom is 0.329 e. The molecule has 2 atom stereocenters. The summed E-state index contributed by atoms with van der Waals surface area (Å²) in [5.41, 5.74) is 0.291. The molecule has 10 heteroatoms. The number of carbonyl (C=O) groups excluding carboxylic acids is 3. The van der Waals surface area contributed by atoms with Crippen LogP contribution in [-0.2, 0) is 24.2 Å². The highest BCUT2D eigenvalue weighted by molar-refractivity contribution is 9.10. The topological polar surface area (TPSA) is 119 Å². The lowest BCUT2D eigenvalue weighted by molar-refractivity contribution is -0.156. The van der Waals surface area contributed by atoms with Gasteiger partial charge in [-0.3, -0.25) is 9.59 Å².